The van der Waals surface area contributed by atoms with Crippen molar-refractivity contribution >= 4 is 17.5 Å². The van der Waals surface area contributed by atoms with Gasteiger partial charge in [0.25, 0.3) is 5.91 Å². The van der Waals surface area contributed by atoms with Crippen LogP contribution in [0.2, 0.25) is 0 Å². The molecule has 1 heterocycles. The van der Waals surface area contributed by atoms with Crippen LogP contribution < -0.4 is 5.32 Å². The van der Waals surface area contributed by atoms with Gasteiger partial charge >= 0.3 is 0 Å². The number of nitrogens with one attached hydrogen (secondary N) is 1. The van der Waals surface area contributed by atoms with Gasteiger partial charge in [0.15, 0.2) is 11.6 Å². The number of hydrogen-bond acceptors (Lipinski definition) is 3. The molecule has 2 rings (SSSR count). The highest BCUT2D eigenvalue weighted by Gasteiger charge is 2.39. The van der Waals surface area contributed by atoms with Gasteiger partial charge in [-0.3, -0.25) is 14.5 Å². The summed E-state index contributed by atoms with van der Waals surface area (Å²) in [6.45, 7) is 3.49. The van der Waals surface area contributed by atoms with E-state index in [9.17, 15) is 18.4 Å². The van der Waals surface area contributed by atoms with E-state index in [-0.39, 0.29) is 30.0 Å². The predicted octanol–water partition coefficient (Wildman–Crippen LogP) is 1.91. The molecule has 2 amide bonds. The molecule has 0 bridgehead atoms. The molecular formula is C13H14F2N2O2. The molecule has 1 fully saturated rings. The van der Waals surface area contributed by atoms with Crippen molar-refractivity contribution in [3.8, 4) is 0 Å². The largest absolute Gasteiger partial charge is 0.373 e. The Balaban J connectivity index is 2.14. The summed E-state index contributed by atoms with van der Waals surface area (Å²) in [5.74, 6) is -2.56. The van der Waals surface area contributed by atoms with Crippen LogP contribution in [0.4, 0.5) is 14.5 Å². The van der Waals surface area contributed by atoms with Gasteiger partial charge in [-0.05, 0) is 26.0 Å². The van der Waals surface area contributed by atoms with Crippen molar-refractivity contribution in [3.63, 3.8) is 0 Å². The smallest absolute Gasteiger partial charge is 0.252 e. The molecule has 1 atom stereocenters. The van der Waals surface area contributed by atoms with Crippen LogP contribution in [-0.4, -0.2) is 28.8 Å². The molecule has 0 saturated carbocycles. The zero-order valence-corrected chi connectivity index (χ0v) is 10.6. The van der Waals surface area contributed by atoms with Crippen molar-refractivity contribution in [2.75, 3.05) is 5.32 Å². The third-order valence-electron chi connectivity index (χ3n) is 2.96. The summed E-state index contributed by atoms with van der Waals surface area (Å²) in [5, 5.41) is 2.76. The summed E-state index contributed by atoms with van der Waals surface area (Å²) in [4.78, 5) is 24.8. The molecule has 1 aromatic carbocycles. The van der Waals surface area contributed by atoms with Crippen LogP contribution in [0.25, 0.3) is 0 Å². The zero-order valence-electron chi connectivity index (χ0n) is 10.6. The molecule has 6 heteroatoms. The van der Waals surface area contributed by atoms with Crippen LogP contribution in [-0.2, 0) is 9.59 Å². The maximum absolute atomic E-state index is 13.1. The molecule has 19 heavy (non-hydrogen) atoms. The Morgan fingerprint density at radius 2 is 1.95 bits per heavy atom. The lowest BCUT2D eigenvalue weighted by Crippen LogP contribution is -2.39. The van der Waals surface area contributed by atoms with Gasteiger partial charge < -0.3 is 5.32 Å². The van der Waals surface area contributed by atoms with Crippen molar-refractivity contribution in [2.45, 2.75) is 32.4 Å². The minimum Gasteiger partial charge on any atom is -0.373 e. The number of rotatable bonds is 3. The Hall–Kier alpha value is -1.98. The average molecular weight is 268 g/mol. The first-order chi connectivity index (χ1) is 8.90. The molecule has 1 unspecified atom stereocenters. The van der Waals surface area contributed by atoms with Gasteiger partial charge in [-0.1, -0.05) is 0 Å². The fourth-order valence-corrected chi connectivity index (χ4v) is 2.09. The van der Waals surface area contributed by atoms with E-state index in [1.807, 2.05) is 0 Å². The fraction of sp³-hybridized carbons (Fsp3) is 0.385. The normalized spacial score (nSPS) is 19.4. The third-order valence-corrected chi connectivity index (χ3v) is 2.96. The van der Waals surface area contributed by atoms with E-state index < -0.39 is 17.7 Å². The van der Waals surface area contributed by atoms with Crippen molar-refractivity contribution in [1.82, 2.24) is 4.90 Å². The van der Waals surface area contributed by atoms with E-state index in [0.717, 1.165) is 12.1 Å². The third kappa shape index (κ3) is 2.57. The number of likely N-dealkylation sites (tertiary alicyclic amines) is 1. The molecule has 4 nitrogen and oxygen atoms in total. The van der Waals surface area contributed by atoms with E-state index in [1.165, 1.54) is 11.0 Å². The predicted molar refractivity (Wildman–Crippen MR) is 65.4 cm³/mol. The van der Waals surface area contributed by atoms with E-state index in [1.54, 1.807) is 13.8 Å². The van der Waals surface area contributed by atoms with Gasteiger partial charge in [0.1, 0.15) is 6.04 Å². The lowest BCUT2D eigenvalue weighted by atomic mass is 10.2. The van der Waals surface area contributed by atoms with Crippen molar-refractivity contribution in [3.05, 3.63) is 29.8 Å². The second kappa shape index (κ2) is 4.95. The second-order valence-electron chi connectivity index (χ2n) is 4.73. The van der Waals surface area contributed by atoms with Crippen LogP contribution in [0.3, 0.4) is 0 Å². The SMILES string of the molecule is CC(C)N1C(=O)CC(Nc2ccc(F)c(F)c2)C1=O. The van der Waals surface area contributed by atoms with Gasteiger partial charge in [0.2, 0.25) is 5.91 Å². The van der Waals surface area contributed by atoms with Crippen LogP contribution in [0.5, 0.6) is 0 Å². The maximum atomic E-state index is 13.1. The molecule has 0 aliphatic carbocycles. The second-order valence-corrected chi connectivity index (χ2v) is 4.73. The highest BCUT2D eigenvalue weighted by molar-refractivity contribution is 6.07. The topological polar surface area (TPSA) is 49.4 Å². The number of carbonyl (C=O) groups excluding carboxylic acids is 2. The maximum Gasteiger partial charge on any atom is 0.252 e. The first-order valence-corrected chi connectivity index (χ1v) is 5.97. The van der Waals surface area contributed by atoms with E-state index in [0.29, 0.717) is 0 Å². The lowest BCUT2D eigenvalue weighted by Gasteiger charge is -2.19. The molecule has 102 valence electrons. The minimum absolute atomic E-state index is 0.0238. The summed E-state index contributed by atoms with van der Waals surface area (Å²) < 4.78 is 25.8. The van der Waals surface area contributed by atoms with Gasteiger partial charge in [-0.2, -0.15) is 0 Å². The van der Waals surface area contributed by atoms with Crippen molar-refractivity contribution < 1.29 is 18.4 Å². The molecule has 0 aromatic heterocycles. The first kappa shape index (κ1) is 13.5. The van der Waals surface area contributed by atoms with E-state index in [2.05, 4.69) is 5.32 Å². The number of anilines is 1. The molecule has 0 spiro atoms. The van der Waals surface area contributed by atoms with Gasteiger partial charge in [0.05, 0.1) is 6.42 Å². The average Bonchev–Trinajstić information content (AvgIpc) is 2.59. The summed E-state index contributed by atoms with van der Waals surface area (Å²) in [7, 11) is 0. The number of benzene rings is 1. The first-order valence-electron chi connectivity index (χ1n) is 5.97. The summed E-state index contributed by atoms with van der Waals surface area (Å²) in [5.41, 5.74) is 0.274. The minimum atomic E-state index is -0.998. The highest BCUT2D eigenvalue weighted by atomic mass is 19.2. The molecule has 0 radical (unpaired) electrons. The zero-order chi connectivity index (χ0) is 14.2. The van der Waals surface area contributed by atoms with Gasteiger partial charge in [0, 0.05) is 17.8 Å². The summed E-state index contributed by atoms with van der Waals surface area (Å²) in [6, 6.07) is 2.33. The molecule has 1 aromatic rings. The van der Waals surface area contributed by atoms with E-state index in [4.69, 9.17) is 0 Å². The van der Waals surface area contributed by atoms with E-state index >= 15 is 0 Å². The number of carbonyl (C=O) groups is 2. The molecule has 1 aliphatic heterocycles. The molecule has 1 saturated heterocycles. The Morgan fingerprint density at radius 1 is 1.26 bits per heavy atom. The quantitative estimate of drug-likeness (QED) is 0.852. The van der Waals surface area contributed by atoms with Crippen LogP contribution in [0.15, 0.2) is 18.2 Å². The van der Waals surface area contributed by atoms with Crippen LogP contribution in [0, 0.1) is 11.6 Å². The Morgan fingerprint density at radius 3 is 2.47 bits per heavy atom. The molecular weight excluding hydrogens is 254 g/mol. The Bertz CT molecular complexity index is 531. The number of hydrogen-bond donors (Lipinski definition) is 1. The fourth-order valence-electron chi connectivity index (χ4n) is 2.09. The number of halogens is 2. The van der Waals surface area contributed by atoms with Crippen LogP contribution >= 0.6 is 0 Å². The van der Waals surface area contributed by atoms with Crippen molar-refractivity contribution in [2.24, 2.45) is 0 Å². The Labute approximate surface area is 109 Å². The Kier molecular flexibility index (Phi) is 3.50. The number of nitrogens with zero attached hydrogens (tertiary/aromatic N) is 1. The lowest BCUT2D eigenvalue weighted by molar-refractivity contribution is -0.140. The van der Waals surface area contributed by atoms with Crippen LogP contribution in [0.1, 0.15) is 20.3 Å². The standard InChI is InChI=1S/C13H14F2N2O2/c1-7(2)17-12(18)6-11(13(17)19)16-8-3-4-9(14)10(15)5-8/h3-5,7,11,16H,6H2,1-2H3. The molecule has 1 N–H and O–H groups in total. The summed E-state index contributed by atoms with van der Waals surface area (Å²) >= 11 is 0. The highest BCUT2D eigenvalue weighted by Crippen LogP contribution is 2.21. The number of imide groups is 1. The van der Waals surface area contributed by atoms with Gasteiger partial charge in [-0.25, -0.2) is 8.78 Å². The molecule has 1 aliphatic rings. The van der Waals surface area contributed by atoms with Gasteiger partial charge in [-0.15, -0.1) is 0 Å². The van der Waals surface area contributed by atoms with Crippen molar-refractivity contribution in [1.29, 1.82) is 0 Å². The monoisotopic (exact) mass is 268 g/mol. The number of amides is 2. The summed E-state index contributed by atoms with van der Waals surface area (Å²) in [6.07, 6.45) is 0.0238.